The van der Waals surface area contributed by atoms with Crippen molar-refractivity contribution < 1.29 is 19.7 Å². The number of carbonyl (C=O) groups excluding carboxylic acids is 1. The third-order valence-electron chi connectivity index (χ3n) is 7.23. The zero-order chi connectivity index (χ0) is 27.9. The van der Waals surface area contributed by atoms with Crippen LogP contribution in [0.15, 0.2) is 42.9 Å². The maximum Gasteiger partial charge on any atom is 0.319 e. The number of rotatable bonds is 12. The van der Waals surface area contributed by atoms with Gasteiger partial charge >= 0.3 is 6.03 Å². The third kappa shape index (κ3) is 7.04. The van der Waals surface area contributed by atoms with Gasteiger partial charge in [-0.2, -0.15) is 0 Å². The van der Waals surface area contributed by atoms with Crippen LogP contribution in [0, 0.1) is 0 Å². The second-order valence-electron chi connectivity index (χ2n) is 10.4. The number of carbonyl (C=O) groups is 1. The molecule has 1 aliphatic rings. The zero-order valence-electron chi connectivity index (χ0n) is 23.0. The molecular formula is C28H41N7O4. The van der Waals surface area contributed by atoms with E-state index in [4.69, 9.17) is 10.5 Å². The SMILES string of the molecule is CCCCc1ccc(NC(=O)NCCCN(CC2OC(n3ccc4c(N)ncnc43)[C@H](O)[C@@H]2O)C(C)C)cc1. The van der Waals surface area contributed by atoms with Crippen molar-refractivity contribution in [2.24, 2.45) is 0 Å². The monoisotopic (exact) mass is 539 g/mol. The number of aliphatic hydroxyl groups excluding tert-OH is 2. The number of unbranched alkanes of at least 4 members (excludes halogenated alkanes) is 1. The van der Waals surface area contributed by atoms with E-state index in [2.05, 4.69) is 58.4 Å². The van der Waals surface area contributed by atoms with Gasteiger partial charge in [0.1, 0.15) is 36.1 Å². The van der Waals surface area contributed by atoms with Crippen LogP contribution in [0.4, 0.5) is 16.3 Å². The molecular weight excluding hydrogens is 498 g/mol. The molecule has 1 aromatic carbocycles. The van der Waals surface area contributed by atoms with E-state index in [1.165, 1.54) is 11.9 Å². The van der Waals surface area contributed by atoms with E-state index in [0.717, 1.165) is 31.4 Å². The third-order valence-corrected chi connectivity index (χ3v) is 7.23. The lowest BCUT2D eigenvalue weighted by Crippen LogP contribution is -2.44. The van der Waals surface area contributed by atoms with E-state index in [9.17, 15) is 15.0 Å². The maximum atomic E-state index is 12.3. The average molecular weight is 540 g/mol. The predicted octanol–water partition coefficient (Wildman–Crippen LogP) is 2.90. The number of aromatic nitrogens is 3. The Morgan fingerprint density at radius 3 is 2.64 bits per heavy atom. The van der Waals surface area contributed by atoms with Gasteiger partial charge in [0.15, 0.2) is 6.23 Å². The smallest absolute Gasteiger partial charge is 0.319 e. The van der Waals surface area contributed by atoms with E-state index in [1.54, 1.807) is 16.8 Å². The van der Waals surface area contributed by atoms with Gasteiger partial charge in [0.05, 0.1) is 5.39 Å². The first-order valence-electron chi connectivity index (χ1n) is 13.7. The molecule has 2 amide bonds. The molecule has 4 rings (SSSR count). The van der Waals surface area contributed by atoms with Gasteiger partial charge < -0.3 is 35.9 Å². The molecule has 4 atom stereocenters. The number of nitrogens with two attached hydrogens (primary N) is 1. The summed E-state index contributed by atoms with van der Waals surface area (Å²) in [5.41, 5.74) is 8.51. The van der Waals surface area contributed by atoms with Crippen molar-refractivity contribution >= 4 is 28.6 Å². The Bertz CT molecular complexity index is 1220. The van der Waals surface area contributed by atoms with Crippen LogP contribution in [0.5, 0.6) is 0 Å². The first-order valence-corrected chi connectivity index (χ1v) is 13.7. The first kappa shape index (κ1) is 28.8. The summed E-state index contributed by atoms with van der Waals surface area (Å²) in [5.74, 6) is 0.344. The number of nitrogens with one attached hydrogen (secondary N) is 2. The standard InChI is InChI=1S/C28H41N7O4/c1-4-5-7-19-8-10-20(11-9-19)33-28(38)30-13-6-14-34(18(2)3)16-22-23(36)24(37)27(39-22)35-15-12-21-25(29)31-17-32-26(21)35/h8-12,15,17-18,22-24,27,36-37H,4-7,13-14,16H2,1-3H3,(H2,29,31,32)(H2,30,33,38)/t22?,23-,24-,27?/m1/s1. The molecule has 0 radical (unpaired) electrons. The lowest BCUT2D eigenvalue weighted by molar-refractivity contribution is -0.0465. The first-order chi connectivity index (χ1) is 18.8. The lowest BCUT2D eigenvalue weighted by Gasteiger charge is -2.30. The summed E-state index contributed by atoms with van der Waals surface area (Å²) in [6.07, 6.45) is 3.59. The summed E-state index contributed by atoms with van der Waals surface area (Å²) in [6, 6.07) is 9.67. The van der Waals surface area contributed by atoms with Crippen molar-refractivity contribution in [1.29, 1.82) is 0 Å². The van der Waals surface area contributed by atoms with Crippen LogP contribution < -0.4 is 16.4 Å². The number of ether oxygens (including phenoxy) is 1. The predicted molar refractivity (Wildman–Crippen MR) is 151 cm³/mol. The van der Waals surface area contributed by atoms with E-state index >= 15 is 0 Å². The molecule has 1 aliphatic heterocycles. The molecule has 11 nitrogen and oxygen atoms in total. The summed E-state index contributed by atoms with van der Waals surface area (Å²) in [7, 11) is 0. The minimum Gasteiger partial charge on any atom is -0.387 e. The Hall–Kier alpha value is -3.25. The number of hydrogen-bond acceptors (Lipinski definition) is 8. The summed E-state index contributed by atoms with van der Waals surface area (Å²) in [5, 5.41) is 28.0. The number of hydrogen-bond donors (Lipinski definition) is 5. The van der Waals surface area contributed by atoms with Crippen molar-refractivity contribution in [3.8, 4) is 0 Å². The molecule has 1 fully saturated rings. The Kier molecular flexibility index (Phi) is 9.73. The van der Waals surface area contributed by atoms with Crippen LogP contribution >= 0.6 is 0 Å². The summed E-state index contributed by atoms with van der Waals surface area (Å²) < 4.78 is 7.82. The van der Waals surface area contributed by atoms with Gasteiger partial charge in [0, 0.05) is 37.6 Å². The van der Waals surface area contributed by atoms with Crippen LogP contribution in [-0.2, 0) is 11.2 Å². The maximum absolute atomic E-state index is 12.3. The number of anilines is 2. The van der Waals surface area contributed by atoms with Crippen LogP contribution in [-0.4, -0.2) is 79.7 Å². The summed E-state index contributed by atoms with van der Waals surface area (Å²) in [4.78, 5) is 22.8. The lowest BCUT2D eigenvalue weighted by atomic mass is 10.1. The fourth-order valence-electron chi connectivity index (χ4n) is 4.89. The van der Waals surface area contributed by atoms with Gasteiger partial charge in [-0.1, -0.05) is 25.5 Å². The highest BCUT2D eigenvalue weighted by Gasteiger charge is 2.44. The van der Waals surface area contributed by atoms with Crippen molar-refractivity contribution in [3.63, 3.8) is 0 Å². The molecule has 3 heterocycles. The molecule has 6 N–H and O–H groups in total. The molecule has 0 spiro atoms. The number of nitrogen functional groups attached to an aromatic ring is 1. The second-order valence-corrected chi connectivity index (χ2v) is 10.4. The van der Waals surface area contributed by atoms with Crippen LogP contribution in [0.3, 0.4) is 0 Å². The number of urea groups is 1. The van der Waals surface area contributed by atoms with Crippen molar-refractivity contribution in [1.82, 2.24) is 24.8 Å². The largest absolute Gasteiger partial charge is 0.387 e. The normalized spacial score (nSPS) is 21.2. The Morgan fingerprint density at radius 1 is 1.15 bits per heavy atom. The number of fused-ring (bicyclic) bond motifs is 1. The molecule has 2 unspecified atom stereocenters. The van der Waals surface area contributed by atoms with Crippen LogP contribution in [0.25, 0.3) is 11.0 Å². The summed E-state index contributed by atoms with van der Waals surface area (Å²) in [6.45, 7) is 7.93. The minimum atomic E-state index is -1.12. The second kappa shape index (κ2) is 13.2. The Morgan fingerprint density at radius 2 is 1.92 bits per heavy atom. The number of aliphatic hydroxyl groups is 2. The van der Waals surface area contributed by atoms with Crippen molar-refractivity contribution in [2.75, 3.05) is 30.7 Å². The quantitative estimate of drug-likeness (QED) is 0.221. The van der Waals surface area contributed by atoms with E-state index in [1.807, 2.05) is 12.1 Å². The van der Waals surface area contributed by atoms with Gasteiger partial charge in [0.25, 0.3) is 0 Å². The molecule has 0 aliphatic carbocycles. The number of nitrogens with zero attached hydrogens (tertiary/aromatic N) is 4. The van der Waals surface area contributed by atoms with E-state index < -0.39 is 24.5 Å². The summed E-state index contributed by atoms with van der Waals surface area (Å²) >= 11 is 0. The Labute approximate surface area is 229 Å². The molecule has 212 valence electrons. The van der Waals surface area contributed by atoms with Crippen molar-refractivity contribution in [2.45, 2.75) is 77.0 Å². The number of benzene rings is 1. The van der Waals surface area contributed by atoms with Gasteiger partial charge in [0.2, 0.25) is 0 Å². The fourth-order valence-corrected chi connectivity index (χ4v) is 4.89. The Balaban J connectivity index is 1.26. The molecule has 1 saturated heterocycles. The number of amides is 2. The van der Waals surface area contributed by atoms with Crippen LogP contribution in [0.2, 0.25) is 0 Å². The zero-order valence-corrected chi connectivity index (χ0v) is 23.0. The van der Waals surface area contributed by atoms with Crippen LogP contribution in [0.1, 0.15) is 51.8 Å². The van der Waals surface area contributed by atoms with E-state index in [0.29, 0.717) is 36.5 Å². The molecule has 0 bridgehead atoms. The molecule has 3 aromatic rings. The minimum absolute atomic E-state index is 0.178. The van der Waals surface area contributed by atoms with Gasteiger partial charge in [-0.3, -0.25) is 4.90 Å². The molecule has 0 saturated carbocycles. The molecule has 11 heteroatoms. The van der Waals surface area contributed by atoms with Crippen molar-refractivity contribution in [3.05, 3.63) is 48.4 Å². The highest BCUT2D eigenvalue weighted by molar-refractivity contribution is 5.89. The van der Waals surface area contributed by atoms with E-state index in [-0.39, 0.29) is 12.1 Å². The van der Waals surface area contributed by atoms with Gasteiger partial charge in [-0.05, 0) is 56.9 Å². The average Bonchev–Trinajstić information content (AvgIpc) is 3.47. The highest BCUT2D eigenvalue weighted by Crippen LogP contribution is 2.33. The molecule has 39 heavy (non-hydrogen) atoms. The fraction of sp³-hybridized carbons (Fsp3) is 0.536. The van der Waals surface area contributed by atoms with Gasteiger partial charge in [-0.15, -0.1) is 0 Å². The van der Waals surface area contributed by atoms with Gasteiger partial charge in [-0.25, -0.2) is 14.8 Å². The molecule has 2 aromatic heterocycles. The topological polar surface area (TPSA) is 151 Å². The highest BCUT2D eigenvalue weighted by atomic mass is 16.6. The number of aryl methyl sites for hydroxylation is 1.